The van der Waals surface area contributed by atoms with Crippen molar-refractivity contribution < 1.29 is 9.59 Å². The molecule has 0 radical (unpaired) electrons. The maximum absolute atomic E-state index is 11.8. The van der Waals surface area contributed by atoms with Crippen LogP contribution in [-0.4, -0.2) is 24.1 Å². The maximum atomic E-state index is 11.8. The molecule has 0 saturated carbocycles. The van der Waals surface area contributed by atoms with E-state index < -0.39 is 0 Å². The Labute approximate surface area is 160 Å². The number of hydrazine groups is 1. The summed E-state index contributed by atoms with van der Waals surface area (Å²) in [4.78, 5) is 24.6. The zero-order valence-corrected chi connectivity index (χ0v) is 16.4. The summed E-state index contributed by atoms with van der Waals surface area (Å²) in [5.74, 6) is 0.434. The summed E-state index contributed by atoms with van der Waals surface area (Å²) in [5.41, 5.74) is 7.96. The van der Waals surface area contributed by atoms with E-state index in [2.05, 4.69) is 16.2 Å². The van der Waals surface area contributed by atoms with Crippen LogP contribution in [-0.2, 0) is 15.3 Å². The molecule has 2 amide bonds. The normalized spacial score (nSPS) is 10.4. The lowest BCUT2D eigenvalue weighted by Gasteiger charge is -2.11. The van der Waals surface area contributed by atoms with Crippen molar-refractivity contribution in [1.29, 1.82) is 0 Å². The highest BCUT2D eigenvalue weighted by Gasteiger charge is 2.07. The molecule has 0 atom stereocenters. The zero-order valence-electron chi connectivity index (χ0n) is 14.0. The Kier molecular flexibility index (Phi) is 7.61. The van der Waals surface area contributed by atoms with Crippen LogP contribution in [0.15, 0.2) is 30.3 Å². The third kappa shape index (κ3) is 6.97. The van der Waals surface area contributed by atoms with Crippen LogP contribution in [0.1, 0.15) is 16.0 Å². The molecular weight excluding hydrogens is 378 g/mol. The van der Waals surface area contributed by atoms with E-state index in [0.717, 1.165) is 20.5 Å². The van der Waals surface area contributed by atoms with E-state index in [1.54, 1.807) is 0 Å². The van der Waals surface area contributed by atoms with E-state index in [1.807, 2.05) is 44.2 Å². The van der Waals surface area contributed by atoms with Crippen molar-refractivity contribution in [3.8, 4) is 0 Å². The lowest BCUT2D eigenvalue weighted by molar-refractivity contribution is -0.126. The number of anilines is 1. The molecule has 5 nitrogen and oxygen atoms in total. The first-order chi connectivity index (χ1) is 11.9. The quantitative estimate of drug-likeness (QED) is 0.625. The van der Waals surface area contributed by atoms with Crippen LogP contribution >= 0.6 is 34.7 Å². The van der Waals surface area contributed by atoms with Gasteiger partial charge in [-0.2, -0.15) is 0 Å². The summed E-state index contributed by atoms with van der Waals surface area (Å²) in [7, 11) is 0. The number of thiophene rings is 1. The molecule has 0 unspecified atom stereocenters. The fourth-order valence-corrected chi connectivity index (χ4v) is 4.11. The van der Waals surface area contributed by atoms with Crippen molar-refractivity contribution >= 4 is 52.2 Å². The second kappa shape index (κ2) is 9.70. The molecule has 0 saturated heterocycles. The number of rotatable bonds is 7. The van der Waals surface area contributed by atoms with Crippen LogP contribution in [0.25, 0.3) is 0 Å². The highest BCUT2D eigenvalue weighted by atomic mass is 35.5. The number of aryl methyl sites for hydroxylation is 2. The van der Waals surface area contributed by atoms with Crippen LogP contribution in [0.4, 0.5) is 5.69 Å². The van der Waals surface area contributed by atoms with Crippen LogP contribution in [0.3, 0.4) is 0 Å². The fraction of sp³-hybridized carbons (Fsp3) is 0.294. The molecule has 134 valence electrons. The number of carbonyl (C=O) groups is 2. The molecule has 0 aliphatic rings. The van der Waals surface area contributed by atoms with Gasteiger partial charge >= 0.3 is 0 Å². The van der Waals surface area contributed by atoms with Crippen LogP contribution < -0.4 is 16.2 Å². The molecule has 1 aromatic heterocycles. The number of benzene rings is 1. The summed E-state index contributed by atoms with van der Waals surface area (Å²) in [6.45, 7) is 4.09. The minimum atomic E-state index is -0.302. The van der Waals surface area contributed by atoms with Crippen LogP contribution in [0.2, 0.25) is 4.34 Å². The Hall–Kier alpha value is -1.70. The fourth-order valence-electron chi connectivity index (χ4n) is 2.08. The predicted octanol–water partition coefficient (Wildman–Crippen LogP) is 3.51. The molecule has 0 fully saturated rings. The van der Waals surface area contributed by atoms with Gasteiger partial charge in [-0.3, -0.25) is 20.4 Å². The molecule has 0 aliphatic carbocycles. The lowest BCUT2D eigenvalue weighted by atomic mass is 10.1. The Bertz CT molecular complexity index is 749. The van der Waals surface area contributed by atoms with E-state index in [-0.39, 0.29) is 24.1 Å². The number of hydrogen-bond acceptors (Lipinski definition) is 5. The Morgan fingerprint density at radius 3 is 2.56 bits per heavy atom. The number of hydrogen-bond donors (Lipinski definition) is 3. The van der Waals surface area contributed by atoms with Crippen molar-refractivity contribution in [2.75, 3.05) is 17.6 Å². The number of thioether (sulfide) groups is 1. The molecule has 25 heavy (non-hydrogen) atoms. The monoisotopic (exact) mass is 397 g/mol. The predicted molar refractivity (Wildman–Crippen MR) is 106 cm³/mol. The first kappa shape index (κ1) is 19.6. The van der Waals surface area contributed by atoms with Gasteiger partial charge < -0.3 is 5.32 Å². The van der Waals surface area contributed by atoms with E-state index in [4.69, 9.17) is 11.6 Å². The first-order valence-electron chi connectivity index (χ1n) is 7.65. The first-order valence-corrected chi connectivity index (χ1v) is 9.99. The topological polar surface area (TPSA) is 70.2 Å². The molecule has 0 spiro atoms. The molecule has 1 heterocycles. The van der Waals surface area contributed by atoms with Gasteiger partial charge in [0, 0.05) is 16.3 Å². The largest absolute Gasteiger partial charge is 0.376 e. The number of amides is 2. The second-order valence-electron chi connectivity index (χ2n) is 5.47. The number of nitrogens with one attached hydrogen (secondary N) is 3. The molecule has 0 bridgehead atoms. The third-order valence-electron chi connectivity index (χ3n) is 3.27. The summed E-state index contributed by atoms with van der Waals surface area (Å²) >= 11 is 8.82. The standard InChI is InChI=1S/C17H20ClN3O2S2/c1-11-3-5-14(12(2)7-11)19-8-16(22)20-21-17(23)10-24-9-13-4-6-15(18)25-13/h3-7,19H,8-10H2,1-2H3,(H,20,22)(H,21,23). The summed E-state index contributed by atoms with van der Waals surface area (Å²) < 4.78 is 0.739. The van der Waals surface area contributed by atoms with Gasteiger partial charge in [0.05, 0.1) is 16.6 Å². The number of carbonyl (C=O) groups excluding carboxylic acids is 2. The molecule has 1 aromatic carbocycles. The molecule has 8 heteroatoms. The second-order valence-corrected chi connectivity index (χ2v) is 8.25. The third-order valence-corrected chi connectivity index (χ3v) is 5.66. The molecule has 2 rings (SSSR count). The minimum Gasteiger partial charge on any atom is -0.376 e. The summed E-state index contributed by atoms with van der Waals surface area (Å²) in [6, 6.07) is 9.74. The molecule has 3 N–H and O–H groups in total. The van der Waals surface area contributed by atoms with Gasteiger partial charge in [0.25, 0.3) is 5.91 Å². The highest BCUT2D eigenvalue weighted by molar-refractivity contribution is 7.99. The van der Waals surface area contributed by atoms with Gasteiger partial charge in [0.2, 0.25) is 5.91 Å². The molecule has 0 aliphatic heterocycles. The smallest absolute Gasteiger partial charge is 0.257 e. The van der Waals surface area contributed by atoms with Gasteiger partial charge in [-0.25, -0.2) is 0 Å². The van der Waals surface area contributed by atoms with Gasteiger partial charge in [0.15, 0.2) is 0 Å². The van der Waals surface area contributed by atoms with Crippen molar-refractivity contribution in [3.05, 3.63) is 50.7 Å². The van der Waals surface area contributed by atoms with Crippen molar-refractivity contribution in [3.63, 3.8) is 0 Å². The van der Waals surface area contributed by atoms with Crippen LogP contribution in [0.5, 0.6) is 0 Å². The van der Waals surface area contributed by atoms with E-state index >= 15 is 0 Å². The molecular formula is C17H20ClN3O2S2. The van der Waals surface area contributed by atoms with Crippen molar-refractivity contribution in [2.45, 2.75) is 19.6 Å². The van der Waals surface area contributed by atoms with Gasteiger partial charge in [-0.1, -0.05) is 29.3 Å². The van der Waals surface area contributed by atoms with Gasteiger partial charge in [-0.15, -0.1) is 23.1 Å². The van der Waals surface area contributed by atoms with E-state index in [1.165, 1.54) is 28.7 Å². The number of halogens is 1. The Morgan fingerprint density at radius 1 is 1.12 bits per heavy atom. The molecule has 2 aromatic rings. The SMILES string of the molecule is Cc1ccc(NCC(=O)NNC(=O)CSCc2ccc(Cl)s2)c(C)c1. The van der Waals surface area contributed by atoms with E-state index in [0.29, 0.717) is 5.75 Å². The van der Waals surface area contributed by atoms with Gasteiger partial charge in [-0.05, 0) is 37.6 Å². The van der Waals surface area contributed by atoms with Crippen molar-refractivity contribution in [1.82, 2.24) is 10.9 Å². The van der Waals surface area contributed by atoms with Gasteiger partial charge in [0.1, 0.15) is 0 Å². The Morgan fingerprint density at radius 2 is 1.88 bits per heavy atom. The summed E-state index contributed by atoms with van der Waals surface area (Å²) in [6.07, 6.45) is 0. The highest BCUT2D eigenvalue weighted by Crippen LogP contribution is 2.24. The zero-order chi connectivity index (χ0) is 18.2. The minimum absolute atomic E-state index is 0.0883. The lowest BCUT2D eigenvalue weighted by Crippen LogP contribution is -2.44. The maximum Gasteiger partial charge on any atom is 0.257 e. The average Bonchev–Trinajstić information content (AvgIpc) is 2.97. The summed E-state index contributed by atoms with van der Waals surface area (Å²) in [5, 5.41) is 3.05. The average molecular weight is 398 g/mol. The Balaban J connectivity index is 1.62. The van der Waals surface area contributed by atoms with Crippen molar-refractivity contribution in [2.24, 2.45) is 0 Å². The van der Waals surface area contributed by atoms with E-state index in [9.17, 15) is 9.59 Å². The van der Waals surface area contributed by atoms with Crippen LogP contribution in [0, 0.1) is 13.8 Å².